The van der Waals surface area contributed by atoms with Crippen molar-refractivity contribution in [3.05, 3.63) is 66.2 Å². The van der Waals surface area contributed by atoms with Crippen LogP contribution in [0.4, 0.5) is 0 Å². The van der Waals surface area contributed by atoms with E-state index in [0.717, 1.165) is 11.3 Å². The Kier molecular flexibility index (Phi) is 4.33. The average Bonchev–Trinajstić information content (AvgIpc) is 3.09. The monoisotopic (exact) mass is 310 g/mol. The number of esters is 1. The molecule has 0 aliphatic carbocycles. The third-order valence-electron chi connectivity index (χ3n) is 3.17. The molecule has 0 radical (unpaired) electrons. The Bertz CT molecular complexity index is 799. The zero-order chi connectivity index (χ0) is 16.1. The minimum absolute atomic E-state index is 0.00466. The minimum atomic E-state index is -0.461. The van der Waals surface area contributed by atoms with Crippen molar-refractivity contribution in [3.8, 4) is 17.0 Å². The van der Waals surface area contributed by atoms with Crippen LogP contribution in [0.15, 0.2) is 59.4 Å². The van der Waals surface area contributed by atoms with E-state index in [-0.39, 0.29) is 6.61 Å². The molecular weight excluding hydrogens is 296 g/mol. The number of aromatic nitrogens is 2. The van der Waals surface area contributed by atoms with Crippen LogP contribution >= 0.6 is 0 Å². The predicted molar refractivity (Wildman–Crippen MR) is 81.8 cm³/mol. The molecule has 0 fully saturated rings. The van der Waals surface area contributed by atoms with Gasteiger partial charge in [0.1, 0.15) is 11.4 Å². The van der Waals surface area contributed by atoms with E-state index in [2.05, 4.69) is 10.1 Å². The molecular formula is C17H14N2O4. The van der Waals surface area contributed by atoms with E-state index >= 15 is 0 Å². The molecule has 6 nitrogen and oxygen atoms in total. The van der Waals surface area contributed by atoms with Crippen LogP contribution in [0.25, 0.3) is 11.3 Å². The quantitative estimate of drug-likeness (QED) is 0.674. The zero-order valence-corrected chi connectivity index (χ0v) is 12.4. The maximum atomic E-state index is 11.8. The van der Waals surface area contributed by atoms with Crippen molar-refractivity contribution in [2.75, 3.05) is 7.11 Å². The molecule has 6 heteroatoms. The largest absolute Gasteiger partial charge is 0.497 e. The van der Waals surface area contributed by atoms with Crippen LogP contribution < -0.4 is 4.74 Å². The first-order chi connectivity index (χ1) is 11.3. The van der Waals surface area contributed by atoms with E-state index in [0.29, 0.717) is 17.0 Å². The predicted octanol–water partition coefficient (Wildman–Crippen LogP) is 3.10. The summed E-state index contributed by atoms with van der Waals surface area (Å²) in [5.41, 5.74) is 1.90. The molecule has 0 N–H and O–H groups in total. The summed E-state index contributed by atoms with van der Waals surface area (Å²) in [6.07, 6.45) is 3.04. The Morgan fingerprint density at radius 1 is 1.22 bits per heavy atom. The number of carbonyl (C=O) groups excluding carboxylic acids is 1. The van der Waals surface area contributed by atoms with E-state index in [1.165, 1.54) is 6.20 Å². The number of rotatable bonds is 5. The van der Waals surface area contributed by atoms with Gasteiger partial charge in [0.15, 0.2) is 12.4 Å². The fraction of sp³-hybridized carbons (Fsp3) is 0.118. The number of hydrogen-bond donors (Lipinski definition) is 0. The maximum absolute atomic E-state index is 11.8. The molecule has 0 bridgehead atoms. The van der Waals surface area contributed by atoms with Crippen molar-refractivity contribution < 1.29 is 18.8 Å². The van der Waals surface area contributed by atoms with Gasteiger partial charge in [-0.1, -0.05) is 17.3 Å². The van der Waals surface area contributed by atoms with Crippen molar-refractivity contribution in [2.45, 2.75) is 6.61 Å². The van der Waals surface area contributed by atoms with Crippen molar-refractivity contribution in [3.63, 3.8) is 0 Å². The highest BCUT2D eigenvalue weighted by Crippen LogP contribution is 2.23. The minimum Gasteiger partial charge on any atom is -0.497 e. The van der Waals surface area contributed by atoms with E-state index in [1.807, 2.05) is 24.3 Å². The lowest BCUT2D eigenvalue weighted by Gasteiger charge is -2.01. The van der Waals surface area contributed by atoms with Crippen LogP contribution in [0.1, 0.15) is 16.1 Å². The van der Waals surface area contributed by atoms with E-state index in [9.17, 15) is 4.79 Å². The molecule has 116 valence electrons. The molecule has 0 unspecified atom stereocenters. The number of hydrogen-bond acceptors (Lipinski definition) is 6. The van der Waals surface area contributed by atoms with Gasteiger partial charge < -0.3 is 14.0 Å². The molecule has 2 heterocycles. The number of benzene rings is 1. The highest BCUT2D eigenvalue weighted by Gasteiger charge is 2.11. The number of nitrogens with zero attached hydrogens (tertiary/aromatic N) is 2. The van der Waals surface area contributed by atoms with Crippen molar-refractivity contribution >= 4 is 5.97 Å². The van der Waals surface area contributed by atoms with Crippen LogP contribution in [-0.4, -0.2) is 23.2 Å². The molecule has 1 aromatic carbocycles. The van der Waals surface area contributed by atoms with Gasteiger partial charge in [0, 0.05) is 24.0 Å². The van der Waals surface area contributed by atoms with Gasteiger partial charge in [-0.15, -0.1) is 0 Å². The summed E-state index contributed by atoms with van der Waals surface area (Å²) in [6, 6.07) is 12.5. The molecule has 0 spiro atoms. The topological polar surface area (TPSA) is 74.5 Å². The standard InChI is InChI=1S/C17H14N2O4/c1-21-14-6-2-4-12(8-14)16-9-15(23-19-16)11-22-17(20)13-5-3-7-18-10-13/h2-10H,11H2,1H3. The maximum Gasteiger partial charge on any atom is 0.340 e. The second-order valence-electron chi connectivity index (χ2n) is 4.73. The molecule has 0 amide bonds. The summed E-state index contributed by atoms with van der Waals surface area (Å²) in [6.45, 7) is 0.00466. The lowest BCUT2D eigenvalue weighted by atomic mass is 10.1. The van der Waals surface area contributed by atoms with Crippen LogP contribution in [0.3, 0.4) is 0 Å². The first-order valence-corrected chi connectivity index (χ1v) is 6.93. The van der Waals surface area contributed by atoms with Gasteiger partial charge in [0.05, 0.1) is 12.7 Å². The van der Waals surface area contributed by atoms with Crippen LogP contribution in [0.5, 0.6) is 5.75 Å². The molecule has 3 aromatic rings. The Hall–Kier alpha value is -3.15. The first-order valence-electron chi connectivity index (χ1n) is 6.93. The number of methoxy groups -OCH3 is 1. The summed E-state index contributed by atoms with van der Waals surface area (Å²) in [4.78, 5) is 15.7. The number of pyridine rings is 1. The van der Waals surface area contributed by atoms with E-state index in [1.54, 1.807) is 31.5 Å². The summed E-state index contributed by atoms with van der Waals surface area (Å²) in [5, 5.41) is 3.98. The van der Waals surface area contributed by atoms with Crippen LogP contribution in [0, 0.1) is 0 Å². The molecule has 0 aliphatic rings. The molecule has 0 saturated heterocycles. The molecule has 2 aromatic heterocycles. The summed E-state index contributed by atoms with van der Waals surface area (Å²) >= 11 is 0. The SMILES string of the molecule is COc1cccc(-c2cc(COC(=O)c3cccnc3)on2)c1. The zero-order valence-electron chi connectivity index (χ0n) is 12.4. The van der Waals surface area contributed by atoms with Gasteiger partial charge in [-0.3, -0.25) is 4.98 Å². The van der Waals surface area contributed by atoms with E-state index < -0.39 is 5.97 Å². The van der Waals surface area contributed by atoms with Crippen molar-refractivity contribution in [2.24, 2.45) is 0 Å². The Morgan fingerprint density at radius 3 is 2.91 bits per heavy atom. The fourth-order valence-corrected chi connectivity index (χ4v) is 2.00. The number of carbonyl (C=O) groups is 1. The van der Waals surface area contributed by atoms with Gasteiger partial charge in [-0.2, -0.15) is 0 Å². The third kappa shape index (κ3) is 3.55. The first kappa shape index (κ1) is 14.8. The summed E-state index contributed by atoms with van der Waals surface area (Å²) in [5.74, 6) is 0.729. The number of ether oxygens (including phenoxy) is 2. The lowest BCUT2D eigenvalue weighted by Crippen LogP contribution is -2.04. The van der Waals surface area contributed by atoms with Gasteiger partial charge in [0.2, 0.25) is 0 Å². The Labute approximate surface area is 132 Å². The summed E-state index contributed by atoms with van der Waals surface area (Å²) in [7, 11) is 1.60. The van der Waals surface area contributed by atoms with Crippen molar-refractivity contribution in [1.29, 1.82) is 0 Å². The molecule has 3 rings (SSSR count). The fourth-order valence-electron chi connectivity index (χ4n) is 2.00. The summed E-state index contributed by atoms with van der Waals surface area (Å²) < 4.78 is 15.5. The lowest BCUT2D eigenvalue weighted by molar-refractivity contribution is 0.0437. The normalized spacial score (nSPS) is 10.3. The van der Waals surface area contributed by atoms with Crippen LogP contribution in [-0.2, 0) is 11.3 Å². The van der Waals surface area contributed by atoms with Gasteiger partial charge in [-0.05, 0) is 24.3 Å². The molecule has 0 aliphatic heterocycles. The second-order valence-corrected chi connectivity index (χ2v) is 4.73. The highest BCUT2D eigenvalue weighted by molar-refractivity contribution is 5.88. The molecule has 0 saturated carbocycles. The molecule has 23 heavy (non-hydrogen) atoms. The van der Waals surface area contributed by atoms with Crippen molar-refractivity contribution in [1.82, 2.24) is 10.1 Å². The molecule has 0 atom stereocenters. The Morgan fingerprint density at radius 2 is 2.13 bits per heavy atom. The Balaban J connectivity index is 1.66. The smallest absolute Gasteiger partial charge is 0.340 e. The van der Waals surface area contributed by atoms with Crippen LogP contribution in [0.2, 0.25) is 0 Å². The van der Waals surface area contributed by atoms with E-state index in [4.69, 9.17) is 14.0 Å². The highest BCUT2D eigenvalue weighted by atomic mass is 16.5. The van der Waals surface area contributed by atoms with Gasteiger partial charge in [0.25, 0.3) is 0 Å². The van der Waals surface area contributed by atoms with Gasteiger partial charge in [-0.25, -0.2) is 4.79 Å². The second kappa shape index (κ2) is 6.74. The average molecular weight is 310 g/mol. The van der Waals surface area contributed by atoms with Gasteiger partial charge >= 0.3 is 5.97 Å². The third-order valence-corrected chi connectivity index (χ3v) is 3.17.